The summed E-state index contributed by atoms with van der Waals surface area (Å²) in [5, 5.41) is 10.1. The lowest BCUT2D eigenvalue weighted by atomic mass is 10.0. The van der Waals surface area contributed by atoms with Crippen LogP contribution in [0.1, 0.15) is 29.7 Å². The second kappa shape index (κ2) is 8.52. The maximum atomic E-state index is 11.5. The molecule has 0 radical (unpaired) electrons. The van der Waals surface area contributed by atoms with Gasteiger partial charge in [0.2, 0.25) is 0 Å². The minimum atomic E-state index is -0.671. The van der Waals surface area contributed by atoms with Crippen molar-refractivity contribution in [1.82, 2.24) is 14.9 Å². The highest BCUT2D eigenvalue weighted by Crippen LogP contribution is 2.47. The number of nitrogens with zero attached hydrogens (tertiary/aromatic N) is 3. The van der Waals surface area contributed by atoms with Gasteiger partial charge in [0.05, 0.1) is 11.1 Å². The van der Waals surface area contributed by atoms with Crippen LogP contribution in [0.15, 0.2) is 54.7 Å². The van der Waals surface area contributed by atoms with Gasteiger partial charge in [0.15, 0.2) is 5.82 Å². The molecule has 164 valence electrons. The van der Waals surface area contributed by atoms with Crippen molar-refractivity contribution in [2.45, 2.75) is 32.4 Å². The minimum absolute atomic E-state index is 0.453. The fraction of sp³-hybridized carbons (Fsp3) is 0.320. The lowest BCUT2D eigenvalue weighted by Gasteiger charge is -2.30. The van der Waals surface area contributed by atoms with Crippen molar-refractivity contribution < 1.29 is 14.6 Å². The molecule has 0 atom stereocenters. The van der Waals surface area contributed by atoms with Crippen molar-refractivity contribution in [3.8, 4) is 17.1 Å². The van der Waals surface area contributed by atoms with E-state index in [9.17, 15) is 9.90 Å². The summed E-state index contributed by atoms with van der Waals surface area (Å²) in [4.78, 5) is 23.1. The summed E-state index contributed by atoms with van der Waals surface area (Å²) in [7, 11) is 0. The molecule has 1 aromatic heterocycles. The van der Waals surface area contributed by atoms with Crippen molar-refractivity contribution in [2.24, 2.45) is 5.41 Å². The third kappa shape index (κ3) is 4.47. The first-order valence-electron chi connectivity index (χ1n) is 10.8. The molecule has 2 aromatic carbocycles. The Morgan fingerprint density at radius 1 is 1.19 bits per heavy atom. The first kappa shape index (κ1) is 20.9. The van der Waals surface area contributed by atoms with Crippen LogP contribution in [0.4, 0.5) is 0 Å². The number of halogens is 1. The number of carboxylic acids is 1. The van der Waals surface area contributed by atoms with Crippen LogP contribution < -0.4 is 4.74 Å². The highest BCUT2D eigenvalue weighted by Gasteiger charge is 2.51. The quantitative estimate of drug-likeness (QED) is 0.568. The average Bonchev–Trinajstić information content (AvgIpc) is 3.59. The molecule has 0 bridgehead atoms. The van der Waals surface area contributed by atoms with Crippen LogP contribution in [0.2, 0.25) is 5.02 Å². The molecule has 0 unspecified atom stereocenters. The molecular formula is C25H24ClN3O3. The highest BCUT2D eigenvalue weighted by atomic mass is 35.5. The molecule has 3 aromatic rings. The summed E-state index contributed by atoms with van der Waals surface area (Å²) in [6.07, 6.45) is 4.25. The zero-order valence-electron chi connectivity index (χ0n) is 17.6. The van der Waals surface area contributed by atoms with Crippen molar-refractivity contribution in [3.63, 3.8) is 0 Å². The zero-order valence-corrected chi connectivity index (χ0v) is 18.4. The Balaban J connectivity index is 1.23. The third-order valence-electron chi connectivity index (χ3n) is 6.25. The fourth-order valence-corrected chi connectivity index (χ4v) is 4.37. The van der Waals surface area contributed by atoms with Crippen molar-refractivity contribution >= 4 is 17.6 Å². The molecule has 2 aliphatic rings. The van der Waals surface area contributed by atoms with Gasteiger partial charge in [0.1, 0.15) is 12.4 Å². The van der Waals surface area contributed by atoms with E-state index in [4.69, 9.17) is 21.3 Å². The van der Waals surface area contributed by atoms with Crippen LogP contribution in [0.3, 0.4) is 0 Å². The van der Waals surface area contributed by atoms with E-state index in [0.29, 0.717) is 30.5 Å². The lowest BCUT2D eigenvalue weighted by Crippen LogP contribution is -2.38. The Hall–Kier alpha value is -2.96. The predicted octanol–water partition coefficient (Wildman–Crippen LogP) is 4.60. The van der Waals surface area contributed by atoms with Gasteiger partial charge < -0.3 is 9.84 Å². The Kier molecular flexibility index (Phi) is 5.57. The van der Waals surface area contributed by atoms with Crippen LogP contribution in [0.25, 0.3) is 11.4 Å². The monoisotopic (exact) mass is 449 g/mol. The molecule has 1 saturated carbocycles. The van der Waals surface area contributed by atoms with Gasteiger partial charge in [0, 0.05) is 48.4 Å². The number of benzene rings is 2. The van der Waals surface area contributed by atoms with E-state index in [0.717, 1.165) is 53.9 Å². The van der Waals surface area contributed by atoms with E-state index in [-0.39, 0.29) is 0 Å². The van der Waals surface area contributed by atoms with Crippen LogP contribution >= 0.6 is 11.6 Å². The molecule has 0 spiro atoms. The van der Waals surface area contributed by atoms with Gasteiger partial charge in [-0.05, 0) is 54.8 Å². The second-order valence-corrected chi connectivity index (χ2v) is 9.09. The van der Waals surface area contributed by atoms with Crippen LogP contribution in [0.5, 0.6) is 5.75 Å². The number of carbonyl (C=O) groups is 1. The van der Waals surface area contributed by atoms with Crippen LogP contribution in [-0.2, 0) is 24.4 Å². The summed E-state index contributed by atoms with van der Waals surface area (Å²) in [5.74, 6) is 0.799. The number of carboxylic acid groups (broad SMARTS) is 1. The third-order valence-corrected chi connectivity index (χ3v) is 6.49. The lowest BCUT2D eigenvalue weighted by molar-refractivity contribution is -0.144. The summed E-state index contributed by atoms with van der Waals surface area (Å²) in [5.41, 5.74) is 3.56. The van der Waals surface area contributed by atoms with E-state index in [1.807, 2.05) is 54.7 Å². The molecule has 32 heavy (non-hydrogen) atoms. The van der Waals surface area contributed by atoms with E-state index in [2.05, 4.69) is 9.88 Å². The second-order valence-electron chi connectivity index (χ2n) is 8.65. The maximum absolute atomic E-state index is 11.5. The van der Waals surface area contributed by atoms with Crippen molar-refractivity contribution in [2.75, 3.05) is 13.1 Å². The topological polar surface area (TPSA) is 75.5 Å². The molecule has 7 heteroatoms. The molecule has 2 heterocycles. The minimum Gasteiger partial charge on any atom is -0.489 e. The van der Waals surface area contributed by atoms with Gasteiger partial charge in [-0.2, -0.15) is 0 Å². The SMILES string of the molecule is O=C(O)C1(CN2CCc3nc(-c4ccc(OCc5cccc(Cl)c5)cc4)ncc3C2)CC1. The first-order valence-corrected chi connectivity index (χ1v) is 11.2. The van der Waals surface area contributed by atoms with Gasteiger partial charge in [0.25, 0.3) is 0 Å². The summed E-state index contributed by atoms with van der Waals surface area (Å²) < 4.78 is 5.86. The van der Waals surface area contributed by atoms with Crippen molar-refractivity contribution in [3.05, 3.63) is 76.6 Å². The number of hydrogen-bond acceptors (Lipinski definition) is 5. The van der Waals surface area contributed by atoms with Gasteiger partial charge >= 0.3 is 5.97 Å². The number of aliphatic carboxylic acids is 1. The molecule has 1 fully saturated rings. The molecular weight excluding hydrogens is 426 g/mol. The number of aromatic nitrogens is 2. The largest absolute Gasteiger partial charge is 0.489 e. The summed E-state index contributed by atoms with van der Waals surface area (Å²) in [6, 6.07) is 15.4. The van der Waals surface area contributed by atoms with E-state index in [1.54, 1.807) is 0 Å². The van der Waals surface area contributed by atoms with E-state index >= 15 is 0 Å². The summed E-state index contributed by atoms with van der Waals surface area (Å²) in [6.45, 7) is 2.60. The first-order chi connectivity index (χ1) is 15.5. The number of ether oxygens (including phenoxy) is 1. The molecule has 1 aliphatic heterocycles. The van der Waals surface area contributed by atoms with Crippen LogP contribution in [0, 0.1) is 5.41 Å². The summed E-state index contributed by atoms with van der Waals surface area (Å²) >= 11 is 6.02. The predicted molar refractivity (Wildman–Crippen MR) is 122 cm³/mol. The molecule has 0 saturated heterocycles. The van der Waals surface area contributed by atoms with Gasteiger partial charge in [-0.25, -0.2) is 9.97 Å². The van der Waals surface area contributed by atoms with E-state index in [1.165, 1.54) is 0 Å². The average molecular weight is 450 g/mol. The standard InChI is InChI=1S/C25H24ClN3O3/c26-20-3-1-2-17(12-20)15-32-21-6-4-18(5-7-21)23-27-13-19-14-29(11-8-22(19)28-23)16-25(9-10-25)24(30)31/h1-7,12-13H,8-11,14-16H2,(H,30,31). The van der Waals surface area contributed by atoms with E-state index < -0.39 is 11.4 Å². The Labute approximate surface area is 191 Å². The Morgan fingerprint density at radius 2 is 2.00 bits per heavy atom. The highest BCUT2D eigenvalue weighted by molar-refractivity contribution is 6.30. The Bertz CT molecular complexity index is 1150. The molecule has 0 amide bonds. The van der Waals surface area contributed by atoms with Gasteiger partial charge in [-0.15, -0.1) is 0 Å². The molecule has 1 N–H and O–H groups in total. The Morgan fingerprint density at radius 3 is 2.72 bits per heavy atom. The van der Waals surface area contributed by atoms with Gasteiger partial charge in [-0.3, -0.25) is 9.69 Å². The smallest absolute Gasteiger partial charge is 0.310 e. The zero-order chi connectivity index (χ0) is 22.1. The number of rotatable bonds is 7. The molecule has 1 aliphatic carbocycles. The molecule has 6 nitrogen and oxygen atoms in total. The number of hydrogen-bond donors (Lipinski definition) is 1. The maximum Gasteiger partial charge on any atom is 0.310 e. The normalized spacial score (nSPS) is 16.9. The van der Waals surface area contributed by atoms with Crippen molar-refractivity contribution in [1.29, 1.82) is 0 Å². The fourth-order valence-electron chi connectivity index (χ4n) is 4.16. The molecule has 5 rings (SSSR count). The number of fused-ring (bicyclic) bond motifs is 1. The van der Waals surface area contributed by atoms with Gasteiger partial charge in [-0.1, -0.05) is 23.7 Å². The van der Waals surface area contributed by atoms with Crippen LogP contribution in [-0.4, -0.2) is 39.0 Å².